The second kappa shape index (κ2) is 6.50. The lowest BCUT2D eigenvalue weighted by Gasteiger charge is -2.15. The summed E-state index contributed by atoms with van der Waals surface area (Å²) in [6, 6.07) is 5.79. The number of allylic oxidation sites excluding steroid dienone is 2. The Balaban J connectivity index is 3.32. The van der Waals surface area contributed by atoms with Crippen LogP contribution in [0.1, 0.15) is 18.1 Å². The van der Waals surface area contributed by atoms with Crippen LogP contribution in [0.5, 0.6) is 11.5 Å². The zero-order valence-electron chi connectivity index (χ0n) is 11.5. The number of methoxy groups -OCH3 is 2. The van der Waals surface area contributed by atoms with E-state index in [-0.39, 0.29) is 0 Å². The van der Waals surface area contributed by atoms with Gasteiger partial charge in [0, 0.05) is 18.2 Å². The molecule has 0 radical (unpaired) electrons. The highest BCUT2D eigenvalue weighted by Crippen LogP contribution is 2.35. The minimum absolute atomic E-state index is 0.441. The number of nitrogens with two attached hydrogens (primary N) is 1. The molecule has 0 saturated heterocycles. The van der Waals surface area contributed by atoms with Crippen LogP contribution in [0.4, 0.5) is 0 Å². The van der Waals surface area contributed by atoms with Gasteiger partial charge in [0.2, 0.25) is 0 Å². The van der Waals surface area contributed by atoms with Crippen molar-refractivity contribution in [2.75, 3.05) is 14.2 Å². The molecule has 0 unspecified atom stereocenters. The first-order chi connectivity index (χ1) is 9.07. The zero-order valence-corrected chi connectivity index (χ0v) is 11.5. The van der Waals surface area contributed by atoms with Gasteiger partial charge in [-0.3, -0.25) is 0 Å². The van der Waals surface area contributed by atoms with Crippen LogP contribution in [-0.4, -0.2) is 14.2 Å². The smallest absolute Gasteiger partial charge is 0.130 e. The molecule has 0 amide bonds. The van der Waals surface area contributed by atoms with E-state index in [0.717, 1.165) is 16.7 Å². The lowest BCUT2D eigenvalue weighted by atomic mass is 10.00. The van der Waals surface area contributed by atoms with Crippen molar-refractivity contribution in [3.05, 3.63) is 41.6 Å². The van der Waals surface area contributed by atoms with E-state index >= 15 is 0 Å². The molecular formula is C15H18N2O2. The van der Waals surface area contributed by atoms with Crippen molar-refractivity contribution in [1.29, 1.82) is 5.26 Å². The lowest BCUT2D eigenvalue weighted by molar-refractivity contribution is 0.391. The molecular weight excluding hydrogens is 240 g/mol. The minimum atomic E-state index is 0.441. The third kappa shape index (κ3) is 3.29. The van der Waals surface area contributed by atoms with Crippen LogP contribution in [0.15, 0.2) is 30.5 Å². The first-order valence-corrected chi connectivity index (χ1v) is 5.79. The molecule has 0 atom stereocenters. The standard InChI is InChI=1S/C15H18N2O2/c1-10(2)15-13(18-3)6-11(7-14(15)19-4)5-12(8-16)9-17/h6-8H,1,5,16H2,2-4H3. The molecule has 0 aliphatic carbocycles. The monoisotopic (exact) mass is 258 g/mol. The Labute approximate surface area is 113 Å². The Hall–Kier alpha value is -2.41. The van der Waals surface area contributed by atoms with Gasteiger partial charge in [0.1, 0.15) is 11.5 Å². The summed E-state index contributed by atoms with van der Waals surface area (Å²) < 4.78 is 10.7. The van der Waals surface area contributed by atoms with Gasteiger partial charge in [-0.05, 0) is 30.2 Å². The molecule has 0 aliphatic heterocycles. The number of ether oxygens (including phenoxy) is 2. The Morgan fingerprint density at radius 1 is 1.37 bits per heavy atom. The molecule has 0 heterocycles. The topological polar surface area (TPSA) is 68.3 Å². The van der Waals surface area contributed by atoms with Crippen molar-refractivity contribution < 1.29 is 9.47 Å². The third-order valence-corrected chi connectivity index (χ3v) is 2.73. The summed E-state index contributed by atoms with van der Waals surface area (Å²) in [5.74, 6) is 1.35. The van der Waals surface area contributed by atoms with Crippen LogP contribution in [0.3, 0.4) is 0 Å². The van der Waals surface area contributed by atoms with E-state index in [4.69, 9.17) is 20.5 Å². The molecule has 0 saturated carbocycles. The molecule has 0 spiro atoms. The normalized spacial score (nSPS) is 10.7. The van der Waals surface area contributed by atoms with Gasteiger partial charge in [-0.1, -0.05) is 6.58 Å². The predicted octanol–water partition coefficient (Wildman–Crippen LogP) is 2.65. The Bertz CT molecular complexity index is 529. The first-order valence-electron chi connectivity index (χ1n) is 5.79. The molecule has 0 fully saturated rings. The summed E-state index contributed by atoms with van der Waals surface area (Å²) in [7, 11) is 3.18. The maximum atomic E-state index is 8.91. The summed E-state index contributed by atoms with van der Waals surface area (Å²) >= 11 is 0. The number of nitrogens with zero attached hydrogens (tertiary/aromatic N) is 1. The van der Waals surface area contributed by atoms with E-state index in [0.29, 0.717) is 23.5 Å². The average Bonchev–Trinajstić information content (AvgIpc) is 2.43. The van der Waals surface area contributed by atoms with E-state index in [2.05, 4.69) is 6.58 Å². The Morgan fingerprint density at radius 3 is 2.21 bits per heavy atom. The summed E-state index contributed by atoms with van der Waals surface area (Å²) in [6.45, 7) is 5.81. The van der Waals surface area contributed by atoms with Crippen LogP contribution in [-0.2, 0) is 6.42 Å². The fourth-order valence-corrected chi connectivity index (χ4v) is 1.84. The summed E-state index contributed by atoms with van der Waals surface area (Å²) in [4.78, 5) is 0. The number of rotatable bonds is 5. The van der Waals surface area contributed by atoms with Crippen LogP contribution in [0, 0.1) is 11.3 Å². The van der Waals surface area contributed by atoms with Crippen LogP contribution in [0.2, 0.25) is 0 Å². The van der Waals surface area contributed by atoms with Gasteiger partial charge in [0.15, 0.2) is 0 Å². The summed E-state index contributed by atoms with van der Waals surface area (Å²) in [5, 5.41) is 8.91. The summed E-state index contributed by atoms with van der Waals surface area (Å²) in [6.07, 6.45) is 1.75. The zero-order chi connectivity index (χ0) is 14.4. The fraction of sp³-hybridized carbons (Fsp3) is 0.267. The van der Waals surface area contributed by atoms with Crippen molar-refractivity contribution in [1.82, 2.24) is 0 Å². The number of hydrogen-bond acceptors (Lipinski definition) is 4. The largest absolute Gasteiger partial charge is 0.496 e. The molecule has 100 valence electrons. The second-order valence-electron chi connectivity index (χ2n) is 4.14. The van der Waals surface area contributed by atoms with Gasteiger partial charge in [-0.15, -0.1) is 0 Å². The van der Waals surface area contributed by atoms with E-state index < -0.39 is 0 Å². The highest BCUT2D eigenvalue weighted by molar-refractivity contribution is 5.73. The minimum Gasteiger partial charge on any atom is -0.496 e. The lowest BCUT2D eigenvalue weighted by Crippen LogP contribution is -1.99. The SMILES string of the molecule is C=C(C)c1c(OC)cc(CC(C#N)=CN)cc1OC. The molecule has 4 heteroatoms. The van der Waals surface area contributed by atoms with Gasteiger partial charge in [0.25, 0.3) is 0 Å². The molecule has 19 heavy (non-hydrogen) atoms. The van der Waals surface area contributed by atoms with Gasteiger partial charge in [-0.2, -0.15) is 5.26 Å². The van der Waals surface area contributed by atoms with E-state index in [9.17, 15) is 0 Å². The molecule has 1 aromatic carbocycles. The molecule has 4 nitrogen and oxygen atoms in total. The van der Waals surface area contributed by atoms with E-state index in [1.807, 2.05) is 25.1 Å². The van der Waals surface area contributed by atoms with Crippen LogP contribution < -0.4 is 15.2 Å². The first kappa shape index (κ1) is 14.7. The van der Waals surface area contributed by atoms with E-state index in [1.54, 1.807) is 14.2 Å². The number of nitriles is 1. The van der Waals surface area contributed by atoms with Gasteiger partial charge < -0.3 is 15.2 Å². The van der Waals surface area contributed by atoms with Crippen LogP contribution >= 0.6 is 0 Å². The quantitative estimate of drug-likeness (QED) is 0.824. The number of benzene rings is 1. The van der Waals surface area contributed by atoms with Gasteiger partial charge >= 0.3 is 0 Å². The molecule has 1 aromatic rings. The maximum absolute atomic E-state index is 8.91. The predicted molar refractivity (Wildman–Crippen MR) is 75.8 cm³/mol. The molecule has 1 rings (SSSR count). The average molecular weight is 258 g/mol. The molecule has 0 bridgehead atoms. The molecule has 0 aromatic heterocycles. The Kier molecular flexibility index (Phi) is 5.01. The Morgan fingerprint density at radius 2 is 1.89 bits per heavy atom. The molecule has 2 N–H and O–H groups in total. The molecule has 0 aliphatic rings. The maximum Gasteiger partial charge on any atom is 0.130 e. The van der Waals surface area contributed by atoms with Crippen molar-refractivity contribution in [3.8, 4) is 17.6 Å². The highest BCUT2D eigenvalue weighted by Gasteiger charge is 2.13. The van der Waals surface area contributed by atoms with Crippen molar-refractivity contribution in [3.63, 3.8) is 0 Å². The van der Waals surface area contributed by atoms with Crippen molar-refractivity contribution in [2.45, 2.75) is 13.3 Å². The van der Waals surface area contributed by atoms with Crippen molar-refractivity contribution >= 4 is 5.57 Å². The fourth-order valence-electron chi connectivity index (χ4n) is 1.84. The number of hydrogen-bond donors (Lipinski definition) is 1. The van der Waals surface area contributed by atoms with Crippen molar-refractivity contribution in [2.24, 2.45) is 5.73 Å². The van der Waals surface area contributed by atoms with Crippen LogP contribution in [0.25, 0.3) is 5.57 Å². The third-order valence-electron chi connectivity index (χ3n) is 2.73. The van der Waals surface area contributed by atoms with Gasteiger partial charge in [-0.25, -0.2) is 0 Å². The van der Waals surface area contributed by atoms with E-state index in [1.165, 1.54) is 6.20 Å². The summed E-state index contributed by atoms with van der Waals surface area (Å²) in [5.41, 5.74) is 8.48. The second-order valence-corrected chi connectivity index (χ2v) is 4.14. The van der Waals surface area contributed by atoms with Gasteiger partial charge in [0.05, 0.1) is 25.9 Å². The highest BCUT2D eigenvalue weighted by atomic mass is 16.5.